The largest absolute Gasteiger partial charge is 0.485 e. The molecule has 2 aliphatic rings. The summed E-state index contributed by atoms with van der Waals surface area (Å²) in [5.41, 5.74) is 12.3. The smallest absolute Gasteiger partial charge is 0.151 e. The van der Waals surface area contributed by atoms with Crippen molar-refractivity contribution in [1.82, 2.24) is 0 Å². The van der Waals surface area contributed by atoms with Crippen LogP contribution in [0.3, 0.4) is 0 Å². The highest BCUT2D eigenvalue weighted by molar-refractivity contribution is 5.95. The average Bonchev–Trinajstić information content (AvgIpc) is 3.26. The van der Waals surface area contributed by atoms with Crippen molar-refractivity contribution in [2.45, 2.75) is 24.4 Å². The number of nitrogens with two attached hydrogens (primary N) is 2. The molecule has 28 heavy (non-hydrogen) atoms. The van der Waals surface area contributed by atoms with Crippen molar-refractivity contribution in [2.75, 3.05) is 13.2 Å². The predicted octanol–water partition coefficient (Wildman–Crippen LogP) is 1.25. The molecular formula is C20H22N4O4. The quantitative estimate of drug-likeness (QED) is 0.438. The minimum atomic E-state index is -0.274. The van der Waals surface area contributed by atoms with E-state index in [1.54, 1.807) is 36.4 Å². The van der Waals surface area contributed by atoms with E-state index in [4.69, 9.17) is 41.2 Å². The maximum absolute atomic E-state index is 7.54. The van der Waals surface area contributed by atoms with Crippen molar-refractivity contribution in [3.05, 3.63) is 59.7 Å². The molecule has 2 fully saturated rings. The molecule has 2 aromatic rings. The Balaban J connectivity index is 1.42. The lowest BCUT2D eigenvalue weighted by Crippen LogP contribution is -2.36. The zero-order valence-corrected chi connectivity index (χ0v) is 15.1. The molecule has 2 heterocycles. The van der Waals surface area contributed by atoms with Crippen LogP contribution in [0.25, 0.3) is 0 Å². The van der Waals surface area contributed by atoms with Crippen LogP contribution in [0.2, 0.25) is 0 Å². The molecule has 0 unspecified atom stereocenters. The van der Waals surface area contributed by atoms with E-state index in [9.17, 15) is 0 Å². The SMILES string of the molecule is N=C(N)c1cccc(O[C@H]2CO[C@H]3[C@@H]2OC[C@H]3Oc2cccc(C(=N)N)c2)c1. The third kappa shape index (κ3) is 3.64. The Bertz CT molecular complexity index is 830. The van der Waals surface area contributed by atoms with Crippen molar-refractivity contribution in [3.8, 4) is 11.5 Å². The van der Waals surface area contributed by atoms with Crippen LogP contribution in [0.4, 0.5) is 0 Å². The number of nitrogen functional groups attached to an aromatic ring is 2. The zero-order valence-electron chi connectivity index (χ0n) is 15.1. The maximum Gasteiger partial charge on any atom is 0.151 e. The fraction of sp³-hybridized carbons (Fsp3) is 0.300. The van der Waals surface area contributed by atoms with Crippen LogP contribution in [0, 0.1) is 10.8 Å². The van der Waals surface area contributed by atoms with E-state index in [1.807, 2.05) is 12.1 Å². The number of ether oxygens (including phenoxy) is 4. The van der Waals surface area contributed by atoms with E-state index in [-0.39, 0.29) is 36.1 Å². The fourth-order valence-corrected chi connectivity index (χ4v) is 3.45. The van der Waals surface area contributed by atoms with Gasteiger partial charge in [0.2, 0.25) is 0 Å². The first-order valence-corrected chi connectivity index (χ1v) is 8.96. The van der Waals surface area contributed by atoms with Crippen LogP contribution in [0.1, 0.15) is 11.1 Å². The minimum Gasteiger partial charge on any atom is -0.485 e. The Morgan fingerprint density at radius 2 is 1.21 bits per heavy atom. The summed E-state index contributed by atoms with van der Waals surface area (Å²) < 4.78 is 23.8. The van der Waals surface area contributed by atoms with Crippen molar-refractivity contribution < 1.29 is 18.9 Å². The van der Waals surface area contributed by atoms with Gasteiger partial charge in [-0.3, -0.25) is 10.8 Å². The Labute approximate surface area is 162 Å². The summed E-state index contributed by atoms with van der Waals surface area (Å²) in [7, 11) is 0. The van der Waals surface area contributed by atoms with Crippen molar-refractivity contribution >= 4 is 11.7 Å². The first-order valence-electron chi connectivity index (χ1n) is 8.96. The molecule has 0 bridgehead atoms. The van der Waals surface area contributed by atoms with Crippen molar-refractivity contribution in [3.63, 3.8) is 0 Å². The van der Waals surface area contributed by atoms with Gasteiger partial charge in [-0.2, -0.15) is 0 Å². The first-order chi connectivity index (χ1) is 13.5. The molecule has 4 rings (SSSR count). The van der Waals surface area contributed by atoms with Gasteiger partial charge in [0, 0.05) is 11.1 Å². The number of amidine groups is 2. The van der Waals surface area contributed by atoms with Gasteiger partial charge < -0.3 is 30.4 Å². The minimum absolute atomic E-state index is 0.00984. The molecule has 2 saturated heterocycles. The van der Waals surface area contributed by atoms with E-state index in [0.29, 0.717) is 35.8 Å². The molecule has 2 aliphatic heterocycles. The Morgan fingerprint density at radius 1 is 0.786 bits per heavy atom. The first kappa shape index (κ1) is 18.3. The topological polar surface area (TPSA) is 137 Å². The Morgan fingerprint density at radius 3 is 1.61 bits per heavy atom. The maximum atomic E-state index is 7.54. The summed E-state index contributed by atoms with van der Waals surface area (Å²) in [6.45, 7) is 0.764. The highest BCUT2D eigenvalue weighted by Crippen LogP contribution is 2.32. The van der Waals surface area contributed by atoms with Crippen LogP contribution in [0.15, 0.2) is 48.5 Å². The zero-order chi connectivity index (χ0) is 19.7. The Kier molecular flexibility index (Phi) is 4.89. The van der Waals surface area contributed by atoms with Gasteiger partial charge in [0.1, 0.15) is 35.4 Å². The Hall–Kier alpha value is -3.10. The predicted molar refractivity (Wildman–Crippen MR) is 103 cm³/mol. The van der Waals surface area contributed by atoms with Gasteiger partial charge >= 0.3 is 0 Å². The molecule has 0 saturated carbocycles. The molecule has 8 nitrogen and oxygen atoms in total. The molecule has 4 atom stereocenters. The van der Waals surface area contributed by atoms with Gasteiger partial charge in [0.25, 0.3) is 0 Å². The molecular weight excluding hydrogens is 360 g/mol. The molecule has 0 amide bonds. The van der Waals surface area contributed by atoms with Gasteiger partial charge in [-0.1, -0.05) is 24.3 Å². The second-order valence-electron chi connectivity index (χ2n) is 6.79. The van der Waals surface area contributed by atoms with E-state index < -0.39 is 0 Å². The summed E-state index contributed by atoms with van der Waals surface area (Å²) in [4.78, 5) is 0. The molecule has 0 spiro atoms. The third-order valence-electron chi connectivity index (χ3n) is 4.83. The van der Waals surface area contributed by atoms with Crippen LogP contribution < -0.4 is 20.9 Å². The second kappa shape index (κ2) is 7.49. The average molecular weight is 382 g/mol. The number of rotatable bonds is 6. The van der Waals surface area contributed by atoms with Gasteiger partial charge in [-0.25, -0.2) is 0 Å². The third-order valence-corrected chi connectivity index (χ3v) is 4.83. The fourth-order valence-electron chi connectivity index (χ4n) is 3.45. The summed E-state index contributed by atoms with van der Waals surface area (Å²) in [5.74, 6) is 1.21. The lowest BCUT2D eigenvalue weighted by atomic mass is 10.1. The van der Waals surface area contributed by atoms with Gasteiger partial charge in [0.05, 0.1) is 13.2 Å². The molecule has 2 aromatic carbocycles. The molecule has 0 radical (unpaired) electrons. The van der Waals surface area contributed by atoms with Crippen LogP contribution in [-0.4, -0.2) is 49.3 Å². The van der Waals surface area contributed by atoms with E-state index in [1.165, 1.54) is 0 Å². The highest BCUT2D eigenvalue weighted by atomic mass is 16.6. The van der Waals surface area contributed by atoms with Crippen LogP contribution in [0.5, 0.6) is 11.5 Å². The number of hydrogen-bond acceptors (Lipinski definition) is 6. The number of fused-ring (bicyclic) bond motifs is 1. The lowest BCUT2D eigenvalue weighted by Gasteiger charge is -2.19. The number of nitrogens with one attached hydrogen (secondary N) is 2. The van der Waals surface area contributed by atoms with Gasteiger partial charge in [0.15, 0.2) is 12.2 Å². The summed E-state index contributed by atoms with van der Waals surface area (Å²) >= 11 is 0. The number of benzene rings is 2. The van der Waals surface area contributed by atoms with Crippen LogP contribution >= 0.6 is 0 Å². The van der Waals surface area contributed by atoms with Crippen molar-refractivity contribution in [2.24, 2.45) is 11.5 Å². The molecule has 146 valence electrons. The highest BCUT2D eigenvalue weighted by Gasteiger charge is 2.50. The molecule has 0 aromatic heterocycles. The summed E-state index contributed by atoms with van der Waals surface area (Å²) in [6.07, 6.45) is -1.04. The van der Waals surface area contributed by atoms with E-state index in [0.717, 1.165) is 0 Å². The van der Waals surface area contributed by atoms with E-state index in [2.05, 4.69) is 0 Å². The molecule has 8 heteroatoms. The second-order valence-corrected chi connectivity index (χ2v) is 6.79. The van der Waals surface area contributed by atoms with Crippen LogP contribution in [-0.2, 0) is 9.47 Å². The van der Waals surface area contributed by atoms with Gasteiger partial charge in [-0.15, -0.1) is 0 Å². The summed E-state index contributed by atoms with van der Waals surface area (Å²) in [6, 6.07) is 14.2. The number of hydrogen-bond donors (Lipinski definition) is 4. The molecule has 0 aliphatic carbocycles. The normalized spacial score (nSPS) is 25.9. The monoisotopic (exact) mass is 382 g/mol. The summed E-state index contributed by atoms with van der Waals surface area (Å²) in [5, 5.41) is 15.1. The standard InChI is InChI=1S/C20H22N4O4/c21-19(22)11-3-1-5-13(7-11)27-15-9-25-18-16(10-26-17(15)18)28-14-6-2-4-12(8-14)20(23)24/h1-8,15-18H,9-10H2,(H3,21,22)(H3,23,24)/t15-,16+,17-,18-/m1/s1. The van der Waals surface area contributed by atoms with E-state index >= 15 is 0 Å². The molecule has 6 N–H and O–H groups in total. The lowest BCUT2D eigenvalue weighted by molar-refractivity contribution is 0.0181. The van der Waals surface area contributed by atoms with Gasteiger partial charge in [-0.05, 0) is 24.3 Å². The van der Waals surface area contributed by atoms with Crippen molar-refractivity contribution in [1.29, 1.82) is 10.8 Å².